The van der Waals surface area contributed by atoms with Crippen LogP contribution in [0.1, 0.15) is 50.8 Å². The van der Waals surface area contributed by atoms with Gasteiger partial charge >= 0.3 is 5.97 Å². The summed E-state index contributed by atoms with van der Waals surface area (Å²) in [6.07, 6.45) is 2.28. The number of carbonyl (C=O) groups is 1. The van der Waals surface area contributed by atoms with Crippen molar-refractivity contribution in [2.45, 2.75) is 51.7 Å². The Morgan fingerprint density at radius 2 is 2.00 bits per heavy atom. The summed E-state index contributed by atoms with van der Waals surface area (Å²) < 4.78 is 29.9. The van der Waals surface area contributed by atoms with Gasteiger partial charge in [-0.2, -0.15) is 0 Å². The number of fused-ring (bicyclic) bond motifs is 3. The molecule has 6 heteroatoms. The lowest BCUT2D eigenvalue weighted by Gasteiger charge is -2.51. The Morgan fingerprint density at radius 3 is 2.60 bits per heavy atom. The van der Waals surface area contributed by atoms with Gasteiger partial charge in [-0.15, -0.1) is 0 Å². The summed E-state index contributed by atoms with van der Waals surface area (Å²) in [7, 11) is 3.26. The van der Waals surface area contributed by atoms with Gasteiger partial charge < -0.3 is 14.2 Å². The first-order chi connectivity index (χ1) is 14.3. The molecule has 0 radical (unpaired) electrons. The van der Waals surface area contributed by atoms with Crippen LogP contribution in [0.3, 0.4) is 0 Å². The molecule has 0 spiro atoms. The summed E-state index contributed by atoms with van der Waals surface area (Å²) in [4.78, 5) is 14.5. The minimum atomic E-state index is -0.995. The van der Waals surface area contributed by atoms with Crippen molar-refractivity contribution in [2.24, 2.45) is 11.8 Å². The van der Waals surface area contributed by atoms with Crippen LogP contribution in [0, 0.1) is 23.7 Å². The first-order valence-electron chi connectivity index (χ1n) is 10.6. The van der Waals surface area contributed by atoms with Gasteiger partial charge in [-0.1, -0.05) is 25.7 Å². The Labute approximate surface area is 178 Å². The van der Waals surface area contributed by atoms with E-state index in [2.05, 4.69) is 30.6 Å². The summed E-state index contributed by atoms with van der Waals surface area (Å²) in [5.41, 5.74) is 1.34. The molecule has 1 aromatic rings. The van der Waals surface area contributed by atoms with E-state index in [4.69, 9.17) is 14.2 Å². The minimum absolute atomic E-state index is 0.0187. The number of benzene rings is 1. The zero-order valence-electron chi connectivity index (χ0n) is 18.6. The number of halogens is 1. The quantitative estimate of drug-likeness (QED) is 0.536. The SMILES string of the molecule is COc1cc2c(cc1OC)C1C[C@@](C#CCF)(OC(C)=O)C(CC(C)C)CN1CC2. The molecule has 0 saturated carbocycles. The van der Waals surface area contributed by atoms with E-state index in [1.807, 2.05) is 12.1 Å². The molecule has 0 N–H and O–H groups in total. The van der Waals surface area contributed by atoms with E-state index < -0.39 is 12.3 Å². The third kappa shape index (κ3) is 4.41. The predicted octanol–water partition coefficient (Wildman–Crippen LogP) is 3.94. The molecule has 30 heavy (non-hydrogen) atoms. The molecule has 1 aromatic carbocycles. The molecule has 3 atom stereocenters. The number of ether oxygens (including phenoxy) is 3. The molecule has 3 rings (SSSR count). The molecule has 2 aliphatic heterocycles. The highest BCUT2D eigenvalue weighted by molar-refractivity contribution is 5.67. The Balaban J connectivity index is 2.07. The summed E-state index contributed by atoms with van der Waals surface area (Å²) in [5, 5.41) is 0. The van der Waals surface area contributed by atoms with Crippen molar-refractivity contribution in [1.29, 1.82) is 0 Å². The fraction of sp³-hybridized carbons (Fsp3) is 0.625. The van der Waals surface area contributed by atoms with Gasteiger partial charge in [0, 0.05) is 38.4 Å². The molecule has 5 nitrogen and oxygen atoms in total. The zero-order valence-corrected chi connectivity index (χ0v) is 18.6. The second-order valence-corrected chi connectivity index (χ2v) is 8.62. The molecule has 0 aromatic heterocycles. The average molecular weight is 418 g/mol. The van der Waals surface area contributed by atoms with Crippen molar-refractivity contribution in [3.05, 3.63) is 23.3 Å². The van der Waals surface area contributed by atoms with Gasteiger partial charge in [-0.3, -0.25) is 9.69 Å². The lowest BCUT2D eigenvalue weighted by Crippen LogP contribution is -2.56. The molecule has 164 valence electrons. The van der Waals surface area contributed by atoms with E-state index in [1.165, 1.54) is 12.5 Å². The summed E-state index contributed by atoms with van der Waals surface area (Å²) in [5.74, 6) is 7.05. The van der Waals surface area contributed by atoms with Crippen molar-refractivity contribution < 1.29 is 23.4 Å². The monoisotopic (exact) mass is 417 g/mol. The second kappa shape index (κ2) is 9.26. The van der Waals surface area contributed by atoms with Gasteiger partial charge in [0.15, 0.2) is 17.1 Å². The van der Waals surface area contributed by atoms with Crippen LogP contribution in [-0.2, 0) is 16.0 Å². The molecule has 1 fully saturated rings. The van der Waals surface area contributed by atoms with Gasteiger partial charge in [0.05, 0.1) is 14.2 Å². The second-order valence-electron chi connectivity index (χ2n) is 8.62. The first kappa shape index (κ1) is 22.4. The van der Waals surface area contributed by atoms with Gasteiger partial charge in [-0.25, -0.2) is 4.39 Å². The fourth-order valence-corrected chi connectivity index (χ4v) is 5.00. The number of methoxy groups -OCH3 is 2. The number of carbonyl (C=O) groups excluding carboxylic acids is 1. The lowest BCUT2D eigenvalue weighted by molar-refractivity contribution is -0.165. The van der Waals surface area contributed by atoms with E-state index in [0.29, 0.717) is 23.8 Å². The van der Waals surface area contributed by atoms with Gasteiger partial charge in [0.2, 0.25) is 0 Å². The van der Waals surface area contributed by atoms with Gasteiger partial charge in [0.25, 0.3) is 0 Å². The molecule has 1 saturated heterocycles. The molecule has 0 amide bonds. The number of rotatable bonds is 5. The highest BCUT2D eigenvalue weighted by Gasteiger charge is 2.50. The Bertz CT molecular complexity index is 844. The zero-order chi connectivity index (χ0) is 21.9. The van der Waals surface area contributed by atoms with Crippen LogP contribution in [0.5, 0.6) is 11.5 Å². The lowest BCUT2D eigenvalue weighted by atomic mass is 9.71. The van der Waals surface area contributed by atoms with Crippen LogP contribution in [0.4, 0.5) is 4.39 Å². The summed E-state index contributed by atoms with van der Waals surface area (Å²) in [6, 6.07) is 4.08. The van der Waals surface area contributed by atoms with E-state index in [-0.39, 0.29) is 17.9 Å². The number of hydrogen-bond donors (Lipinski definition) is 0. The van der Waals surface area contributed by atoms with Crippen molar-refractivity contribution in [3.63, 3.8) is 0 Å². The maximum atomic E-state index is 13.0. The maximum Gasteiger partial charge on any atom is 0.304 e. The largest absolute Gasteiger partial charge is 0.493 e. The third-order valence-corrected chi connectivity index (χ3v) is 6.17. The van der Waals surface area contributed by atoms with Crippen LogP contribution >= 0.6 is 0 Å². The van der Waals surface area contributed by atoms with Crippen molar-refractivity contribution in [3.8, 4) is 23.3 Å². The summed E-state index contributed by atoms with van der Waals surface area (Å²) >= 11 is 0. The number of esters is 1. The standard InChI is InChI=1S/C24H32FNO4/c1-16(2)11-19-15-26-10-7-18-12-22(28-4)23(29-5)13-20(18)21(26)14-24(19,8-6-9-25)30-17(3)27/h12-13,16,19,21H,7,9-11,14-15H2,1-5H3/t19?,21?,24-/m1/s1. The molecule has 2 aliphatic rings. The highest BCUT2D eigenvalue weighted by atomic mass is 19.1. The number of nitrogens with zero attached hydrogens (tertiary/aromatic N) is 1. The van der Waals surface area contributed by atoms with Crippen LogP contribution in [-0.4, -0.2) is 50.5 Å². The Kier molecular flexibility index (Phi) is 6.92. The van der Waals surface area contributed by atoms with E-state index in [9.17, 15) is 9.18 Å². The first-order valence-corrected chi connectivity index (χ1v) is 10.6. The van der Waals surface area contributed by atoms with E-state index in [0.717, 1.165) is 31.5 Å². The maximum absolute atomic E-state index is 13.0. The van der Waals surface area contributed by atoms with Crippen molar-refractivity contribution >= 4 is 5.97 Å². The van der Waals surface area contributed by atoms with Crippen LogP contribution < -0.4 is 9.47 Å². The molecule has 0 bridgehead atoms. The number of hydrogen-bond acceptors (Lipinski definition) is 5. The molecule has 2 unspecified atom stereocenters. The summed E-state index contributed by atoms with van der Waals surface area (Å²) in [6.45, 7) is 6.61. The topological polar surface area (TPSA) is 48.0 Å². The Hall–Kier alpha value is -2.26. The third-order valence-electron chi connectivity index (χ3n) is 6.17. The van der Waals surface area contributed by atoms with Crippen molar-refractivity contribution in [2.75, 3.05) is 34.0 Å². The molecular formula is C24H32FNO4. The van der Waals surface area contributed by atoms with Crippen LogP contribution in [0.25, 0.3) is 0 Å². The molecular weight excluding hydrogens is 385 g/mol. The molecule has 0 aliphatic carbocycles. The number of piperidine rings is 1. The minimum Gasteiger partial charge on any atom is -0.493 e. The number of alkyl halides is 1. The highest BCUT2D eigenvalue weighted by Crippen LogP contribution is 2.48. The normalized spacial score (nSPS) is 25.6. The van der Waals surface area contributed by atoms with Crippen LogP contribution in [0.2, 0.25) is 0 Å². The van der Waals surface area contributed by atoms with Gasteiger partial charge in [-0.05, 0) is 42.0 Å². The smallest absolute Gasteiger partial charge is 0.304 e. The Morgan fingerprint density at radius 1 is 1.30 bits per heavy atom. The van der Waals surface area contributed by atoms with Crippen molar-refractivity contribution in [1.82, 2.24) is 4.90 Å². The predicted molar refractivity (Wildman–Crippen MR) is 113 cm³/mol. The average Bonchev–Trinajstić information content (AvgIpc) is 2.71. The fourth-order valence-electron chi connectivity index (χ4n) is 5.00. The van der Waals surface area contributed by atoms with Gasteiger partial charge in [0.1, 0.15) is 6.67 Å². The molecule has 2 heterocycles. The van der Waals surface area contributed by atoms with E-state index in [1.54, 1.807) is 14.2 Å². The van der Waals surface area contributed by atoms with E-state index >= 15 is 0 Å². The van der Waals surface area contributed by atoms with Crippen LogP contribution in [0.15, 0.2) is 12.1 Å².